The number of carboxylic acids is 1. The number of nitrogens with zero attached hydrogens (tertiary/aromatic N) is 1. The Kier molecular flexibility index (Phi) is 4.43. The molecule has 6 heteroatoms. The van der Waals surface area contributed by atoms with Gasteiger partial charge < -0.3 is 15.2 Å². The van der Waals surface area contributed by atoms with E-state index >= 15 is 0 Å². The van der Waals surface area contributed by atoms with Crippen LogP contribution in [0.15, 0.2) is 0 Å². The minimum atomic E-state index is -1.32. The summed E-state index contributed by atoms with van der Waals surface area (Å²) in [7, 11) is 0. The number of carboxylic acid groups (broad SMARTS) is 1. The van der Waals surface area contributed by atoms with E-state index in [9.17, 15) is 14.7 Å². The van der Waals surface area contributed by atoms with Crippen molar-refractivity contribution in [1.82, 2.24) is 10.2 Å². The van der Waals surface area contributed by atoms with E-state index in [-0.39, 0.29) is 6.54 Å². The number of hydrogen-bond donors (Lipinski definition) is 2. The van der Waals surface area contributed by atoms with Crippen LogP contribution in [0.4, 0.5) is 4.79 Å². The van der Waals surface area contributed by atoms with Crippen molar-refractivity contribution in [3.63, 3.8) is 0 Å². The van der Waals surface area contributed by atoms with Gasteiger partial charge in [-0.3, -0.25) is 4.90 Å². The van der Waals surface area contributed by atoms with Crippen molar-refractivity contribution >= 4 is 12.1 Å². The van der Waals surface area contributed by atoms with Crippen molar-refractivity contribution < 1.29 is 19.4 Å². The van der Waals surface area contributed by atoms with E-state index in [0.717, 1.165) is 0 Å². The zero-order valence-corrected chi connectivity index (χ0v) is 11.5. The molecule has 0 bridgehead atoms. The van der Waals surface area contributed by atoms with Gasteiger partial charge in [-0.05, 0) is 27.2 Å². The highest BCUT2D eigenvalue weighted by molar-refractivity contribution is 5.85. The van der Waals surface area contributed by atoms with Crippen LogP contribution < -0.4 is 5.32 Å². The Bertz CT molecular complexity index is 408. The van der Waals surface area contributed by atoms with E-state index in [1.54, 1.807) is 20.8 Å². The third-order valence-corrected chi connectivity index (χ3v) is 2.81. The third kappa shape index (κ3) is 4.14. The Morgan fingerprint density at radius 3 is 2.63 bits per heavy atom. The molecule has 1 aliphatic rings. The van der Waals surface area contributed by atoms with E-state index in [1.165, 1.54) is 0 Å². The first-order valence-corrected chi connectivity index (χ1v) is 6.09. The van der Waals surface area contributed by atoms with Gasteiger partial charge in [0.2, 0.25) is 0 Å². The highest BCUT2D eigenvalue weighted by atomic mass is 16.6. The summed E-state index contributed by atoms with van der Waals surface area (Å²) >= 11 is 0. The minimum absolute atomic E-state index is 0.186. The first-order chi connectivity index (χ1) is 8.68. The smallest absolute Gasteiger partial charge is 0.408 e. The number of rotatable bonds is 3. The lowest BCUT2D eigenvalue weighted by Crippen LogP contribution is -2.57. The van der Waals surface area contributed by atoms with Crippen molar-refractivity contribution in [2.45, 2.75) is 38.3 Å². The summed E-state index contributed by atoms with van der Waals surface area (Å²) < 4.78 is 5.10. The first kappa shape index (κ1) is 15.3. The van der Waals surface area contributed by atoms with E-state index in [0.29, 0.717) is 19.5 Å². The van der Waals surface area contributed by atoms with Crippen molar-refractivity contribution in [2.24, 2.45) is 0 Å². The zero-order valence-electron chi connectivity index (χ0n) is 11.5. The van der Waals surface area contributed by atoms with Gasteiger partial charge in [0, 0.05) is 13.1 Å². The van der Waals surface area contributed by atoms with Crippen LogP contribution in [0.3, 0.4) is 0 Å². The fraction of sp³-hybridized carbons (Fsp3) is 0.692. The van der Waals surface area contributed by atoms with Gasteiger partial charge in [0.1, 0.15) is 5.60 Å². The molecule has 0 spiro atoms. The number of alkyl carbamates (subject to hydrolysis) is 1. The van der Waals surface area contributed by atoms with Crippen molar-refractivity contribution in [1.29, 1.82) is 0 Å². The van der Waals surface area contributed by atoms with E-state index in [1.807, 2.05) is 4.90 Å². The molecule has 1 rings (SSSR count). The Morgan fingerprint density at radius 1 is 1.53 bits per heavy atom. The van der Waals surface area contributed by atoms with Crippen LogP contribution >= 0.6 is 0 Å². The second-order valence-corrected chi connectivity index (χ2v) is 5.68. The maximum atomic E-state index is 11.7. The molecule has 1 amide bonds. The van der Waals surface area contributed by atoms with Crippen LogP contribution in [0.1, 0.15) is 27.2 Å². The van der Waals surface area contributed by atoms with Crippen molar-refractivity contribution in [3.05, 3.63) is 0 Å². The summed E-state index contributed by atoms with van der Waals surface area (Å²) in [4.78, 5) is 25.0. The second-order valence-electron chi connectivity index (χ2n) is 5.68. The van der Waals surface area contributed by atoms with Crippen LogP contribution in [0.2, 0.25) is 0 Å². The molecule has 19 heavy (non-hydrogen) atoms. The standard InChI is InChI=1S/C13H20N2O4/c1-5-7-15-8-6-13(9-15,10(16)17)14-11(18)19-12(2,3)4/h1H,6-9H2,2-4H3,(H,14,18)(H,16,17). The summed E-state index contributed by atoms with van der Waals surface area (Å²) in [5, 5.41) is 11.8. The topological polar surface area (TPSA) is 78.9 Å². The Hall–Kier alpha value is -1.74. The quantitative estimate of drug-likeness (QED) is 0.736. The maximum Gasteiger partial charge on any atom is 0.408 e. The highest BCUT2D eigenvalue weighted by Gasteiger charge is 2.46. The molecule has 1 atom stereocenters. The molecule has 106 valence electrons. The molecule has 1 heterocycles. The lowest BCUT2D eigenvalue weighted by molar-refractivity contribution is -0.144. The van der Waals surface area contributed by atoms with Gasteiger partial charge in [-0.1, -0.05) is 5.92 Å². The molecule has 1 aliphatic heterocycles. The summed E-state index contributed by atoms with van der Waals surface area (Å²) in [6.07, 6.45) is 4.79. The lowest BCUT2D eigenvalue weighted by atomic mass is 9.99. The molecule has 1 unspecified atom stereocenters. The average molecular weight is 268 g/mol. The van der Waals surface area contributed by atoms with Crippen LogP contribution in [-0.2, 0) is 9.53 Å². The van der Waals surface area contributed by atoms with Crippen LogP contribution in [-0.4, -0.2) is 52.8 Å². The average Bonchev–Trinajstić information content (AvgIpc) is 2.60. The zero-order chi connectivity index (χ0) is 14.7. The summed E-state index contributed by atoms with van der Waals surface area (Å²) in [5.41, 5.74) is -1.99. The summed E-state index contributed by atoms with van der Waals surface area (Å²) in [6.45, 7) is 6.25. The first-order valence-electron chi connectivity index (χ1n) is 6.09. The van der Waals surface area contributed by atoms with Gasteiger partial charge in [0.25, 0.3) is 0 Å². The van der Waals surface area contributed by atoms with Gasteiger partial charge in [0.05, 0.1) is 6.54 Å². The molecule has 0 aromatic heterocycles. The fourth-order valence-electron chi connectivity index (χ4n) is 1.98. The van der Waals surface area contributed by atoms with Crippen molar-refractivity contribution in [2.75, 3.05) is 19.6 Å². The Morgan fingerprint density at radius 2 is 2.16 bits per heavy atom. The Balaban J connectivity index is 2.73. The van der Waals surface area contributed by atoms with Gasteiger partial charge >= 0.3 is 12.1 Å². The SMILES string of the molecule is C#CCN1CCC(NC(=O)OC(C)(C)C)(C(=O)O)C1. The van der Waals surface area contributed by atoms with Crippen LogP contribution in [0.5, 0.6) is 0 Å². The second kappa shape index (κ2) is 5.49. The molecular formula is C13H20N2O4. The summed E-state index contributed by atoms with van der Waals surface area (Å²) in [5.74, 6) is 1.40. The number of ether oxygens (including phenoxy) is 1. The van der Waals surface area contributed by atoms with E-state index in [2.05, 4.69) is 11.2 Å². The van der Waals surface area contributed by atoms with E-state index in [4.69, 9.17) is 11.2 Å². The minimum Gasteiger partial charge on any atom is -0.479 e. The number of carbonyl (C=O) groups excluding carboxylic acids is 1. The van der Waals surface area contributed by atoms with Gasteiger partial charge in [0.15, 0.2) is 5.54 Å². The number of amides is 1. The normalized spacial score (nSPS) is 23.7. The fourth-order valence-corrected chi connectivity index (χ4v) is 1.98. The predicted molar refractivity (Wildman–Crippen MR) is 69.6 cm³/mol. The summed E-state index contributed by atoms with van der Waals surface area (Å²) in [6, 6.07) is 0. The number of nitrogens with one attached hydrogen (secondary N) is 1. The number of terminal acetylenes is 1. The lowest BCUT2D eigenvalue weighted by Gasteiger charge is -2.28. The van der Waals surface area contributed by atoms with Crippen molar-refractivity contribution in [3.8, 4) is 12.3 Å². The third-order valence-electron chi connectivity index (χ3n) is 2.81. The number of carbonyl (C=O) groups is 2. The van der Waals surface area contributed by atoms with Gasteiger partial charge in [-0.15, -0.1) is 6.42 Å². The van der Waals surface area contributed by atoms with Gasteiger partial charge in [-0.25, -0.2) is 9.59 Å². The molecule has 0 saturated carbocycles. The van der Waals surface area contributed by atoms with Crippen LogP contribution in [0, 0.1) is 12.3 Å². The molecule has 6 nitrogen and oxygen atoms in total. The molecule has 0 aromatic carbocycles. The molecule has 0 aliphatic carbocycles. The Labute approximate surface area is 113 Å². The predicted octanol–water partition coefficient (Wildman–Crippen LogP) is 0.673. The number of hydrogen-bond acceptors (Lipinski definition) is 4. The molecular weight excluding hydrogens is 248 g/mol. The highest BCUT2D eigenvalue weighted by Crippen LogP contribution is 2.22. The monoisotopic (exact) mass is 268 g/mol. The molecule has 0 aromatic rings. The molecule has 2 N–H and O–H groups in total. The largest absolute Gasteiger partial charge is 0.479 e. The van der Waals surface area contributed by atoms with Gasteiger partial charge in [-0.2, -0.15) is 0 Å². The molecule has 1 saturated heterocycles. The number of likely N-dealkylation sites (tertiary alicyclic amines) is 1. The molecule has 1 fully saturated rings. The van der Waals surface area contributed by atoms with E-state index < -0.39 is 23.2 Å². The van der Waals surface area contributed by atoms with Crippen LogP contribution in [0.25, 0.3) is 0 Å². The maximum absolute atomic E-state index is 11.7. The number of aliphatic carboxylic acids is 1. The molecule has 0 radical (unpaired) electrons.